The van der Waals surface area contributed by atoms with Gasteiger partial charge in [0.25, 0.3) is 0 Å². The molecule has 0 aliphatic rings. The summed E-state index contributed by atoms with van der Waals surface area (Å²) in [6.07, 6.45) is -0.113. The van der Waals surface area contributed by atoms with Crippen molar-refractivity contribution in [3.8, 4) is 5.75 Å². The summed E-state index contributed by atoms with van der Waals surface area (Å²) in [6.45, 7) is 2.60. The summed E-state index contributed by atoms with van der Waals surface area (Å²) in [4.78, 5) is 0. The highest BCUT2D eigenvalue weighted by atomic mass is 16.5. The normalized spacial score (nSPS) is 13.7. The second-order valence-electron chi connectivity index (χ2n) is 5.15. The van der Waals surface area contributed by atoms with E-state index in [-0.39, 0.29) is 18.6 Å². The largest absolute Gasteiger partial charge is 0.497 e. The van der Waals surface area contributed by atoms with Gasteiger partial charge in [0.05, 0.1) is 19.8 Å². The predicted octanol–water partition coefficient (Wildman–Crippen LogP) is 3.58. The van der Waals surface area contributed by atoms with Crippen molar-refractivity contribution < 1.29 is 14.6 Å². The number of benzene rings is 2. The Labute approximate surface area is 126 Å². The van der Waals surface area contributed by atoms with Crippen LogP contribution in [0.2, 0.25) is 0 Å². The van der Waals surface area contributed by atoms with Crippen LogP contribution in [0, 0.1) is 5.92 Å². The summed E-state index contributed by atoms with van der Waals surface area (Å²) in [5, 5.41) is 9.44. The zero-order valence-electron chi connectivity index (χ0n) is 12.5. The Bertz CT molecular complexity index is 522. The molecule has 0 aliphatic carbocycles. The molecule has 2 rings (SSSR count). The van der Waals surface area contributed by atoms with Gasteiger partial charge in [-0.25, -0.2) is 0 Å². The van der Waals surface area contributed by atoms with Crippen molar-refractivity contribution in [2.75, 3.05) is 13.7 Å². The van der Waals surface area contributed by atoms with E-state index in [1.54, 1.807) is 7.11 Å². The second-order valence-corrected chi connectivity index (χ2v) is 5.15. The molecule has 0 heterocycles. The van der Waals surface area contributed by atoms with Gasteiger partial charge in [0.2, 0.25) is 0 Å². The Morgan fingerprint density at radius 3 is 2.24 bits per heavy atom. The topological polar surface area (TPSA) is 38.7 Å². The number of ether oxygens (including phenoxy) is 2. The van der Waals surface area contributed by atoms with Crippen LogP contribution in [0.25, 0.3) is 0 Å². The van der Waals surface area contributed by atoms with Crippen LogP contribution in [0.3, 0.4) is 0 Å². The summed E-state index contributed by atoms with van der Waals surface area (Å²) in [7, 11) is 1.65. The van der Waals surface area contributed by atoms with Crippen molar-refractivity contribution in [1.82, 2.24) is 0 Å². The Balaban J connectivity index is 2.05. The van der Waals surface area contributed by atoms with E-state index in [0.29, 0.717) is 6.61 Å². The molecule has 112 valence electrons. The third-order valence-electron chi connectivity index (χ3n) is 3.52. The molecule has 0 aromatic heterocycles. The predicted molar refractivity (Wildman–Crippen MR) is 83.2 cm³/mol. The molecule has 3 nitrogen and oxygen atoms in total. The zero-order valence-corrected chi connectivity index (χ0v) is 12.5. The molecule has 0 spiro atoms. The fourth-order valence-electron chi connectivity index (χ4n) is 2.24. The third kappa shape index (κ3) is 4.31. The van der Waals surface area contributed by atoms with Crippen LogP contribution in [-0.4, -0.2) is 18.8 Å². The molecule has 21 heavy (non-hydrogen) atoms. The highest BCUT2D eigenvalue weighted by Gasteiger charge is 2.19. The summed E-state index contributed by atoms with van der Waals surface area (Å²) in [5.74, 6) is 0.882. The molecular weight excluding hydrogens is 264 g/mol. The van der Waals surface area contributed by atoms with E-state index in [2.05, 4.69) is 0 Å². The maximum absolute atomic E-state index is 9.44. The van der Waals surface area contributed by atoms with Gasteiger partial charge in [0.1, 0.15) is 5.75 Å². The molecule has 3 heteroatoms. The monoisotopic (exact) mass is 286 g/mol. The first kappa shape index (κ1) is 15.5. The van der Waals surface area contributed by atoms with E-state index in [1.165, 1.54) is 0 Å². The van der Waals surface area contributed by atoms with Crippen molar-refractivity contribution >= 4 is 0 Å². The minimum Gasteiger partial charge on any atom is -0.497 e. The molecule has 0 amide bonds. The molecule has 0 saturated carbocycles. The molecule has 0 radical (unpaired) electrons. The Kier molecular flexibility index (Phi) is 5.78. The highest BCUT2D eigenvalue weighted by Crippen LogP contribution is 2.27. The van der Waals surface area contributed by atoms with Crippen LogP contribution in [-0.2, 0) is 11.3 Å². The smallest absolute Gasteiger partial charge is 0.118 e. The number of hydrogen-bond acceptors (Lipinski definition) is 3. The molecular formula is C18H22O3. The minimum atomic E-state index is -0.113. The molecule has 2 atom stereocenters. The summed E-state index contributed by atoms with van der Waals surface area (Å²) in [5.41, 5.74) is 2.18. The summed E-state index contributed by atoms with van der Waals surface area (Å²) >= 11 is 0. The quantitative estimate of drug-likeness (QED) is 0.845. The van der Waals surface area contributed by atoms with Crippen LogP contribution in [0.5, 0.6) is 5.75 Å². The first-order chi connectivity index (χ1) is 10.2. The van der Waals surface area contributed by atoms with Crippen LogP contribution >= 0.6 is 0 Å². The number of aliphatic hydroxyl groups is 1. The molecule has 0 bridgehead atoms. The van der Waals surface area contributed by atoms with Gasteiger partial charge in [-0.2, -0.15) is 0 Å². The fourth-order valence-corrected chi connectivity index (χ4v) is 2.24. The summed E-state index contributed by atoms with van der Waals surface area (Å²) in [6, 6.07) is 17.8. The molecule has 0 fully saturated rings. The lowest BCUT2D eigenvalue weighted by Crippen LogP contribution is -2.17. The Hall–Kier alpha value is -1.84. The number of methoxy groups -OCH3 is 1. The van der Waals surface area contributed by atoms with E-state index in [9.17, 15) is 5.11 Å². The fraction of sp³-hybridized carbons (Fsp3) is 0.333. The van der Waals surface area contributed by atoms with E-state index in [4.69, 9.17) is 9.47 Å². The van der Waals surface area contributed by atoms with E-state index in [0.717, 1.165) is 16.9 Å². The van der Waals surface area contributed by atoms with E-state index >= 15 is 0 Å². The van der Waals surface area contributed by atoms with Crippen LogP contribution in [0.4, 0.5) is 0 Å². The van der Waals surface area contributed by atoms with Crippen molar-refractivity contribution in [2.24, 2.45) is 5.92 Å². The van der Waals surface area contributed by atoms with Crippen LogP contribution < -0.4 is 4.74 Å². The highest BCUT2D eigenvalue weighted by molar-refractivity contribution is 5.27. The van der Waals surface area contributed by atoms with Crippen molar-refractivity contribution in [2.45, 2.75) is 19.6 Å². The molecule has 1 N–H and O–H groups in total. The Morgan fingerprint density at radius 1 is 1.00 bits per heavy atom. The van der Waals surface area contributed by atoms with Gasteiger partial charge in [0, 0.05) is 12.5 Å². The standard InChI is InChI=1S/C18H22O3/c1-14(12-19)18(16-6-4-3-5-7-16)21-13-15-8-10-17(20-2)11-9-15/h3-11,14,18-19H,12-13H2,1-2H3/t14-,18+/m0/s1. The first-order valence-corrected chi connectivity index (χ1v) is 7.15. The number of rotatable bonds is 7. The lowest BCUT2D eigenvalue weighted by molar-refractivity contribution is -0.0124. The average molecular weight is 286 g/mol. The van der Waals surface area contributed by atoms with Crippen LogP contribution in [0.1, 0.15) is 24.2 Å². The summed E-state index contributed by atoms with van der Waals surface area (Å²) < 4.78 is 11.2. The molecule has 0 unspecified atom stereocenters. The zero-order chi connectivity index (χ0) is 15.1. The minimum absolute atomic E-state index is 0.0469. The maximum Gasteiger partial charge on any atom is 0.118 e. The number of aliphatic hydroxyl groups excluding tert-OH is 1. The van der Waals surface area contributed by atoms with Gasteiger partial charge in [-0.3, -0.25) is 0 Å². The molecule has 2 aromatic carbocycles. The van der Waals surface area contributed by atoms with Gasteiger partial charge in [0.15, 0.2) is 0 Å². The second kappa shape index (κ2) is 7.81. The third-order valence-corrected chi connectivity index (χ3v) is 3.52. The Morgan fingerprint density at radius 2 is 1.67 bits per heavy atom. The molecule has 2 aromatic rings. The van der Waals surface area contributed by atoms with Gasteiger partial charge in [-0.15, -0.1) is 0 Å². The van der Waals surface area contributed by atoms with Crippen molar-refractivity contribution in [1.29, 1.82) is 0 Å². The van der Waals surface area contributed by atoms with E-state index < -0.39 is 0 Å². The van der Waals surface area contributed by atoms with Gasteiger partial charge < -0.3 is 14.6 Å². The van der Waals surface area contributed by atoms with Crippen molar-refractivity contribution in [3.05, 3.63) is 65.7 Å². The lowest BCUT2D eigenvalue weighted by atomic mass is 9.98. The van der Waals surface area contributed by atoms with Gasteiger partial charge in [-0.05, 0) is 23.3 Å². The van der Waals surface area contributed by atoms with Gasteiger partial charge >= 0.3 is 0 Å². The SMILES string of the molecule is COc1ccc(CO[C@@H](c2ccccc2)[C@@H](C)CO)cc1. The van der Waals surface area contributed by atoms with Crippen LogP contribution in [0.15, 0.2) is 54.6 Å². The lowest BCUT2D eigenvalue weighted by Gasteiger charge is -2.23. The number of hydrogen-bond donors (Lipinski definition) is 1. The van der Waals surface area contributed by atoms with Crippen molar-refractivity contribution in [3.63, 3.8) is 0 Å². The first-order valence-electron chi connectivity index (χ1n) is 7.15. The average Bonchev–Trinajstić information content (AvgIpc) is 2.56. The molecule has 0 aliphatic heterocycles. The van der Waals surface area contributed by atoms with Gasteiger partial charge in [-0.1, -0.05) is 49.4 Å². The maximum atomic E-state index is 9.44. The molecule has 0 saturated heterocycles. The van der Waals surface area contributed by atoms with E-state index in [1.807, 2.05) is 61.5 Å².